The second-order valence-electron chi connectivity index (χ2n) is 7.07. The van der Waals surface area contributed by atoms with Crippen LogP contribution in [0.2, 0.25) is 0 Å². The second-order valence-corrected chi connectivity index (χ2v) is 7.07. The summed E-state index contributed by atoms with van der Waals surface area (Å²) in [5.41, 5.74) is 0. The first-order chi connectivity index (χ1) is 11.3. The molecule has 6 heteroatoms. The summed E-state index contributed by atoms with van der Waals surface area (Å²) in [5.74, 6) is 2.64. The normalized spacial score (nSPS) is 27.0. The zero-order valence-electron chi connectivity index (χ0n) is 13.6. The highest BCUT2D eigenvalue weighted by Crippen LogP contribution is 2.36. The number of hydrogen-bond donors (Lipinski definition) is 0. The van der Waals surface area contributed by atoms with Gasteiger partial charge in [0.1, 0.15) is 6.10 Å². The van der Waals surface area contributed by atoms with E-state index < -0.39 is 0 Å². The number of ether oxygens (including phenoxy) is 1. The van der Waals surface area contributed by atoms with E-state index in [0.717, 1.165) is 63.5 Å². The lowest BCUT2D eigenvalue weighted by atomic mass is 9.85. The molecular weight excluding hydrogens is 294 g/mol. The van der Waals surface area contributed by atoms with Crippen molar-refractivity contribution in [3.05, 3.63) is 11.7 Å². The molecule has 3 fully saturated rings. The van der Waals surface area contributed by atoms with Crippen LogP contribution in [0, 0.1) is 0 Å². The van der Waals surface area contributed by atoms with Crippen molar-refractivity contribution in [2.24, 2.45) is 0 Å². The predicted octanol–water partition coefficient (Wildman–Crippen LogP) is 2.61. The Balaban J connectivity index is 1.31. The molecular formula is C17H25N3O3. The van der Waals surface area contributed by atoms with Gasteiger partial charge < -0.3 is 14.2 Å². The van der Waals surface area contributed by atoms with Crippen molar-refractivity contribution in [1.82, 2.24) is 15.0 Å². The quantitative estimate of drug-likeness (QED) is 0.856. The van der Waals surface area contributed by atoms with Crippen LogP contribution in [0.25, 0.3) is 0 Å². The van der Waals surface area contributed by atoms with Crippen molar-refractivity contribution < 1.29 is 14.1 Å². The molecule has 0 bridgehead atoms. The largest absolute Gasteiger partial charge is 0.368 e. The Bertz CT molecular complexity index is 541. The topological polar surface area (TPSA) is 68.5 Å². The van der Waals surface area contributed by atoms with Gasteiger partial charge in [-0.15, -0.1) is 0 Å². The third-order valence-corrected chi connectivity index (χ3v) is 5.54. The fraction of sp³-hybridized carbons (Fsp3) is 0.824. The summed E-state index contributed by atoms with van der Waals surface area (Å²) in [5, 5.41) is 4.15. The SMILES string of the molecule is O=C(C1CCCCO1)N1CCC(c2nc(C3CCC3)no2)CC1. The molecule has 1 saturated carbocycles. The van der Waals surface area contributed by atoms with Crippen LogP contribution >= 0.6 is 0 Å². The van der Waals surface area contributed by atoms with Crippen molar-refractivity contribution in [3.8, 4) is 0 Å². The first kappa shape index (κ1) is 15.1. The van der Waals surface area contributed by atoms with E-state index in [-0.39, 0.29) is 12.0 Å². The molecule has 0 spiro atoms. The van der Waals surface area contributed by atoms with Crippen LogP contribution in [0.15, 0.2) is 4.52 Å². The van der Waals surface area contributed by atoms with E-state index in [9.17, 15) is 4.79 Å². The van der Waals surface area contributed by atoms with Gasteiger partial charge in [-0.05, 0) is 44.9 Å². The van der Waals surface area contributed by atoms with Crippen molar-refractivity contribution >= 4 is 5.91 Å². The molecule has 1 aromatic heterocycles. The number of carbonyl (C=O) groups excluding carboxylic acids is 1. The number of carbonyl (C=O) groups is 1. The number of likely N-dealkylation sites (tertiary alicyclic amines) is 1. The minimum absolute atomic E-state index is 0.170. The van der Waals surface area contributed by atoms with Gasteiger partial charge in [-0.1, -0.05) is 11.6 Å². The lowest BCUT2D eigenvalue weighted by Crippen LogP contribution is -2.45. The van der Waals surface area contributed by atoms with Gasteiger partial charge in [-0.3, -0.25) is 4.79 Å². The highest BCUT2D eigenvalue weighted by molar-refractivity contribution is 5.81. The van der Waals surface area contributed by atoms with Gasteiger partial charge in [0.2, 0.25) is 5.89 Å². The minimum Gasteiger partial charge on any atom is -0.368 e. The smallest absolute Gasteiger partial charge is 0.251 e. The Morgan fingerprint density at radius 1 is 1.00 bits per heavy atom. The van der Waals surface area contributed by atoms with Gasteiger partial charge in [0.25, 0.3) is 5.91 Å². The van der Waals surface area contributed by atoms with E-state index in [2.05, 4.69) is 10.1 Å². The molecule has 0 aromatic carbocycles. The van der Waals surface area contributed by atoms with Crippen LogP contribution in [0.3, 0.4) is 0 Å². The monoisotopic (exact) mass is 319 g/mol. The van der Waals surface area contributed by atoms with E-state index in [1.165, 1.54) is 19.3 Å². The molecule has 1 atom stereocenters. The average molecular weight is 319 g/mol. The molecule has 2 aliphatic heterocycles. The average Bonchev–Trinajstić information content (AvgIpc) is 3.03. The number of rotatable bonds is 3. The van der Waals surface area contributed by atoms with Gasteiger partial charge in [0.05, 0.1) is 0 Å². The Morgan fingerprint density at radius 3 is 2.48 bits per heavy atom. The standard InChI is InChI=1S/C17H25N3O3/c21-17(14-6-1-2-11-22-14)20-9-7-13(8-10-20)16-18-15(19-23-16)12-4-3-5-12/h12-14H,1-11H2. The molecule has 1 amide bonds. The molecule has 0 N–H and O–H groups in total. The van der Waals surface area contributed by atoms with Crippen LogP contribution in [0.4, 0.5) is 0 Å². The van der Waals surface area contributed by atoms with Gasteiger partial charge in [-0.25, -0.2) is 0 Å². The first-order valence-electron chi connectivity index (χ1n) is 9.05. The van der Waals surface area contributed by atoms with Crippen LogP contribution < -0.4 is 0 Å². The third kappa shape index (κ3) is 3.13. The minimum atomic E-state index is -0.214. The fourth-order valence-corrected chi connectivity index (χ4v) is 3.73. The van der Waals surface area contributed by atoms with Crippen molar-refractivity contribution in [3.63, 3.8) is 0 Å². The molecule has 6 nitrogen and oxygen atoms in total. The lowest BCUT2D eigenvalue weighted by Gasteiger charge is -2.34. The molecule has 2 saturated heterocycles. The van der Waals surface area contributed by atoms with E-state index in [0.29, 0.717) is 11.8 Å². The lowest BCUT2D eigenvalue weighted by molar-refractivity contribution is -0.147. The predicted molar refractivity (Wildman–Crippen MR) is 83.0 cm³/mol. The molecule has 0 radical (unpaired) electrons. The molecule has 1 aliphatic carbocycles. The van der Waals surface area contributed by atoms with Crippen LogP contribution in [-0.2, 0) is 9.53 Å². The zero-order valence-corrected chi connectivity index (χ0v) is 13.6. The third-order valence-electron chi connectivity index (χ3n) is 5.54. The number of piperidine rings is 1. The maximum atomic E-state index is 12.5. The zero-order chi connectivity index (χ0) is 15.6. The molecule has 126 valence electrons. The molecule has 1 unspecified atom stereocenters. The highest BCUT2D eigenvalue weighted by Gasteiger charge is 2.33. The van der Waals surface area contributed by atoms with Crippen LogP contribution in [-0.4, -0.2) is 46.7 Å². The fourth-order valence-electron chi connectivity index (χ4n) is 3.73. The molecule has 3 aliphatic rings. The van der Waals surface area contributed by atoms with Crippen LogP contribution in [0.1, 0.15) is 74.9 Å². The summed E-state index contributed by atoms with van der Waals surface area (Å²) >= 11 is 0. The van der Waals surface area contributed by atoms with Crippen LogP contribution in [0.5, 0.6) is 0 Å². The number of nitrogens with zero attached hydrogens (tertiary/aromatic N) is 3. The summed E-state index contributed by atoms with van der Waals surface area (Å²) in [6, 6.07) is 0. The van der Waals surface area contributed by atoms with Crippen molar-refractivity contribution in [2.75, 3.05) is 19.7 Å². The Hall–Kier alpha value is -1.43. The van der Waals surface area contributed by atoms with E-state index >= 15 is 0 Å². The molecule has 23 heavy (non-hydrogen) atoms. The van der Waals surface area contributed by atoms with Gasteiger partial charge in [-0.2, -0.15) is 4.98 Å². The van der Waals surface area contributed by atoms with Gasteiger partial charge in [0.15, 0.2) is 5.82 Å². The van der Waals surface area contributed by atoms with Crippen molar-refractivity contribution in [1.29, 1.82) is 0 Å². The van der Waals surface area contributed by atoms with E-state index in [4.69, 9.17) is 9.26 Å². The summed E-state index contributed by atoms with van der Waals surface area (Å²) in [4.78, 5) is 19.0. The summed E-state index contributed by atoms with van der Waals surface area (Å²) in [6.45, 7) is 2.26. The van der Waals surface area contributed by atoms with E-state index in [1.807, 2.05) is 4.90 Å². The summed E-state index contributed by atoms with van der Waals surface area (Å²) in [6.07, 6.45) is 8.29. The number of hydrogen-bond acceptors (Lipinski definition) is 5. The van der Waals surface area contributed by atoms with Crippen molar-refractivity contribution in [2.45, 2.75) is 69.3 Å². The maximum absolute atomic E-state index is 12.5. The molecule has 3 heterocycles. The Morgan fingerprint density at radius 2 is 1.83 bits per heavy atom. The Kier molecular flexibility index (Phi) is 4.33. The maximum Gasteiger partial charge on any atom is 0.251 e. The molecule has 1 aromatic rings. The molecule has 4 rings (SSSR count). The first-order valence-corrected chi connectivity index (χ1v) is 9.05. The second kappa shape index (κ2) is 6.59. The summed E-state index contributed by atoms with van der Waals surface area (Å²) in [7, 11) is 0. The summed E-state index contributed by atoms with van der Waals surface area (Å²) < 4.78 is 11.1. The number of amides is 1. The highest BCUT2D eigenvalue weighted by atomic mass is 16.5. The van der Waals surface area contributed by atoms with Gasteiger partial charge in [0, 0.05) is 31.5 Å². The van der Waals surface area contributed by atoms with Gasteiger partial charge >= 0.3 is 0 Å². The number of aromatic nitrogens is 2. The van der Waals surface area contributed by atoms with E-state index in [1.54, 1.807) is 0 Å². The Labute approximate surface area is 136 Å².